The maximum atomic E-state index is 13.1. The van der Waals surface area contributed by atoms with Crippen LogP contribution >= 0.6 is 23.2 Å². The lowest BCUT2D eigenvalue weighted by Crippen LogP contribution is -2.68. The number of nitrogens with one attached hydrogen (secondary N) is 2. The van der Waals surface area contributed by atoms with Crippen LogP contribution in [0.25, 0.3) is 0 Å². The van der Waals surface area contributed by atoms with E-state index in [1.165, 1.54) is 0 Å². The van der Waals surface area contributed by atoms with Crippen LogP contribution in [0.2, 0.25) is 10.0 Å². The minimum atomic E-state index is -1.70. The van der Waals surface area contributed by atoms with Crippen LogP contribution in [0.1, 0.15) is 18.4 Å². The zero-order chi connectivity index (χ0) is 25.0. The zero-order valence-corrected chi connectivity index (χ0v) is 20.5. The lowest BCUT2D eigenvalue weighted by Gasteiger charge is -2.47. The molecule has 4 rings (SSSR count). The van der Waals surface area contributed by atoms with Crippen LogP contribution < -0.4 is 16.4 Å². The molecule has 2 aromatic carbocycles. The molecule has 186 valence electrons. The van der Waals surface area contributed by atoms with Gasteiger partial charge >= 0.3 is 6.03 Å². The molecule has 2 fully saturated rings. The standard InChI is InChI=1S/C24H27Cl2N5O4/c25-16-5-7-17(8-6-16)28-23(34)29-24(22(27)33,19-3-1-2-4-20(19)26)30-11-9-18(10-12-30)31-13-14-35-15-21(31)32/h1-8,18H,9-15H2,(H2,27,33)(H2,28,29,34). The summed E-state index contributed by atoms with van der Waals surface area (Å²) >= 11 is 12.4. The van der Waals surface area contributed by atoms with Crippen LogP contribution in [0.4, 0.5) is 10.5 Å². The molecule has 0 aromatic heterocycles. The quantitative estimate of drug-likeness (QED) is 0.542. The van der Waals surface area contributed by atoms with E-state index in [0.29, 0.717) is 60.4 Å². The van der Waals surface area contributed by atoms with E-state index in [1.807, 2.05) is 9.80 Å². The molecule has 4 N–H and O–H groups in total. The van der Waals surface area contributed by atoms with Gasteiger partial charge in [-0.2, -0.15) is 0 Å². The van der Waals surface area contributed by atoms with Gasteiger partial charge in [-0.1, -0.05) is 41.4 Å². The maximum absolute atomic E-state index is 13.1. The fraction of sp³-hybridized carbons (Fsp3) is 0.375. The molecule has 2 aliphatic rings. The number of likely N-dealkylation sites (tertiary alicyclic amines) is 1. The van der Waals surface area contributed by atoms with Crippen molar-refractivity contribution in [1.29, 1.82) is 0 Å². The number of halogens is 2. The Labute approximate surface area is 213 Å². The van der Waals surface area contributed by atoms with Crippen LogP contribution in [0, 0.1) is 0 Å². The van der Waals surface area contributed by atoms with Crippen molar-refractivity contribution in [2.75, 3.05) is 38.2 Å². The summed E-state index contributed by atoms with van der Waals surface area (Å²) in [5.41, 5.74) is 5.16. The van der Waals surface area contributed by atoms with Gasteiger partial charge in [-0.15, -0.1) is 0 Å². The first kappa shape index (κ1) is 25.2. The number of hydrogen-bond donors (Lipinski definition) is 3. The molecule has 9 nitrogen and oxygen atoms in total. The molecule has 2 aliphatic heterocycles. The smallest absolute Gasteiger partial charge is 0.321 e. The van der Waals surface area contributed by atoms with Crippen molar-refractivity contribution in [1.82, 2.24) is 15.1 Å². The summed E-state index contributed by atoms with van der Waals surface area (Å²) in [6.07, 6.45) is 1.21. The number of primary amides is 1. The van der Waals surface area contributed by atoms with Gasteiger partial charge in [-0.05, 0) is 43.2 Å². The number of hydrogen-bond acceptors (Lipinski definition) is 5. The molecule has 35 heavy (non-hydrogen) atoms. The maximum Gasteiger partial charge on any atom is 0.321 e. The number of piperidine rings is 1. The highest BCUT2D eigenvalue weighted by atomic mass is 35.5. The average molecular weight is 520 g/mol. The largest absolute Gasteiger partial charge is 0.370 e. The molecule has 0 saturated carbocycles. The van der Waals surface area contributed by atoms with Crippen LogP contribution in [0.15, 0.2) is 48.5 Å². The first-order valence-electron chi connectivity index (χ1n) is 11.3. The molecule has 2 saturated heterocycles. The first-order chi connectivity index (χ1) is 16.8. The van der Waals surface area contributed by atoms with Crippen molar-refractivity contribution in [3.05, 3.63) is 64.1 Å². The highest BCUT2D eigenvalue weighted by Crippen LogP contribution is 2.35. The van der Waals surface area contributed by atoms with Crippen molar-refractivity contribution < 1.29 is 19.1 Å². The Hall–Kier alpha value is -2.85. The summed E-state index contributed by atoms with van der Waals surface area (Å²) < 4.78 is 5.24. The number of nitrogens with two attached hydrogens (primary N) is 1. The fourth-order valence-electron chi connectivity index (χ4n) is 4.71. The molecular weight excluding hydrogens is 493 g/mol. The van der Waals surface area contributed by atoms with E-state index in [4.69, 9.17) is 33.7 Å². The third-order valence-electron chi connectivity index (χ3n) is 6.42. The predicted octanol–water partition coefficient (Wildman–Crippen LogP) is 2.78. The molecule has 1 atom stereocenters. The number of nitrogens with zero attached hydrogens (tertiary/aromatic N) is 2. The summed E-state index contributed by atoms with van der Waals surface area (Å²) in [5, 5.41) is 6.35. The van der Waals surface area contributed by atoms with Crippen LogP contribution in [-0.2, 0) is 20.0 Å². The van der Waals surface area contributed by atoms with Gasteiger partial charge in [0.2, 0.25) is 11.6 Å². The molecule has 4 amide bonds. The van der Waals surface area contributed by atoms with E-state index < -0.39 is 17.6 Å². The molecule has 11 heteroatoms. The van der Waals surface area contributed by atoms with E-state index in [2.05, 4.69) is 10.6 Å². The highest BCUT2D eigenvalue weighted by Gasteiger charge is 2.48. The summed E-state index contributed by atoms with van der Waals surface area (Å²) in [5.74, 6) is -0.805. The Kier molecular flexibility index (Phi) is 7.81. The SMILES string of the molecule is NC(=O)C(NC(=O)Nc1ccc(Cl)cc1)(c1ccccc1Cl)N1CCC(N2CCOCC2=O)CC1. The molecule has 0 aliphatic carbocycles. The number of morpholine rings is 1. The minimum absolute atomic E-state index is 0.0161. The Balaban J connectivity index is 1.61. The van der Waals surface area contributed by atoms with E-state index in [-0.39, 0.29) is 18.6 Å². The van der Waals surface area contributed by atoms with Gasteiger partial charge in [0.05, 0.1) is 6.61 Å². The van der Waals surface area contributed by atoms with Gasteiger partial charge in [0.1, 0.15) is 6.61 Å². The van der Waals surface area contributed by atoms with E-state index >= 15 is 0 Å². The molecule has 0 spiro atoms. The van der Waals surface area contributed by atoms with Gasteiger partial charge in [0, 0.05) is 47.0 Å². The van der Waals surface area contributed by atoms with Gasteiger partial charge in [0.15, 0.2) is 0 Å². The Morgan fingerprint density at radius 2 is 1.71 bits per heavy atom. The second-order valence-corrected chi connectivity index (χ2v) is 9.34. The summed E-state index contributed by atoms with van der Waals surface area (Å²) in [7, 11) is 0. The van der Waals surface area contributed by atoms with Gasteiger partial charge in [-0.25, -0.2) is 4.79 Å². The molecule has 1 unspecified atom stereocenters. The normalized spacial score (nSPS) is 19.1. The number of ether oxygens (including phenoxy) is 1. The summed E-state index contributed by atoms with van der Waals surface area (Å²) in [6.45, 7) is 1.94. The monoisotopic (exact) mass is 519 g/mol. The van der Waals surface area contributed by atoms with Crippen molar-refractivity contribution >= 4 is 46.7 Å². The third kappa shape index (κ3) is 5.38. The van der Waals surface area contributed by atoms with Crippen molar-refractivity contribution in [3.8, 4) is 0 Å². The van der Waals surface area contributed by atoms with E-state index in [0.717, 1.165) is 0 Å². The lowest BCUT2D eigenvalue weighted by atomic mass is 9.92. The number of amides is 4. The third-order valence-corrected chi connectivity index (χ3v) is 7.00. The van der Waals surface area contributed by atoms with Crippen LogP contribution in [0.5, 0.6) is 0 Å². The number of rotatable bonds is 6. The van der Waals surface area contributed by atoms with Crippen molar-refractivity contribution in [2.24, 2.45) is 5.73 Å². The minimum Gasteiger partial charge on any atom is -0.370 e. The Morgan fingerprint density at radius 3 is 2.34 bits per heavy atom. The Morgan fingerprint density at radius 1 is 1.03 bits per heavy atom. The van der Waals surface area contributed by atoms with Crippen molar-refractivity contribution in [2.45, 2.75) is 24.5 Å². The number of urea groups is 1. The Bertz CT molecular complexity index is 1090. The number of anilines is 1. The molecular formula is C24H27Cl2N5O4. The van der Waals surface area contributed by atoms with E-state index in [9.17, 15) is 14.4 Å². The fourth-order valence-corrected chi connectivity index (χ4v) is 5.11. The summed E-state index contributed by atoms with van der Waals surface area (Å²) in [4.78, 5) is 42.2. The van der Waals surface area contributed by atoms with Gasteiger partial charge < -0.3 is 26.0 Å². The molecule has 2 aromatic rings. The number of carbonyl (C=O) groups is 3. The second kappa shape index (κ2) is 10.8. The van der Waals surface area contributed by atoms with Crippen molar-refractivity contribution in [3.63, 3.8) is 0 Å². The van der Waals surface area contributed by atoms with E-state index in [1.54, 1.807) is 48.5 Å². The lowest BCUT2D eigenvalue weighted by molar-refractivity contribution is -0.148. The topological polar surface area (TPSA) is 117 Å². The second-order valence-electron chi connectivity index (χ2n) is 8.50. The van der Waals surface area contributed by atoms with Gasteiger partial charge in [0.25, 0.3) is 5.91 Å². The number of benzene rings is 2. The van der Waals surface area contributed by atoms with Crippen LogP contribution in [0.3, 0.4) is 0 Å². The van der Waals surface area contributed by atoms with Gasteiger partial charge in [-0.3, -0.25) is 14.5 Å². The van der Waals surface area contributed by atoms with Crippen LogP contribution in [-0.4, -0.2) is 66.5 Å². The molecule has 0 radical (unpaired) electrons. The number of carbonyl (C=O) groups excluding carboxylic acids is 3. The highest BCUT2D eigenvalue weighted by molar-refractivity contribution is 6.32. The predicted molar refractivity (Wildman–Crippen MR) is 133 cm³/mol. The molecule has 0 bridgehead atoms. The first-order valence-corrected chi connectivity index (χ1v) is 12.1. The molecule has 2 heterocycles. The average Bonchev–Trinajstić information content (AvgIpc) is 2.85. The zero-order valence-electron chi connectivity index (χ0n) is 19.0. The summed E-state index contributed by atoms with van der Waals surface area (Å²) in [6, 6.07) is 12.8.